The molecule has 1 aliphatic rings. The lowest BCUT2D eigenvalue weighted by molar-refractivity contribution is -0.142. The second kappa shape index (κ2) is 11.9. The summed E-state index contributed by atoms with van der Waals surface area (Å²) in [6, 6.07) is 0. The van der Waals surface area contributed by atoms with Gasteiger partial charge in [0.1, 0.15) is 0 Å². The monoisotopic (exact) mass is 350 g/mol. The van der Waals surface area contributed by atoms with Crippen LogP contribution < -0.4 is 0 Å². The van der Waals surface area contributed by atoms with Gasteiger partial charge in [-0.1, -0.05) is 65.5 Å². The molecule has 142 valence electrons. The van der Waals surface area contributed by atoms with Gasteiger partial charge in [-0.3, -0.25) is 0 Å². The molecule has 2 unspecified atom stereocenters. The van der Waals surface area contributed by atoms with Crippen LogP contribution in [0.3, 0.4) is 0 Å². The quantitative estimate of drug-likeness (QED) is 0.412. The number of unbranched alkanes of at least 4 members (excludes halogenated alkanes) is 4. The van der Waals surface area contributed by atoms with Crippen LogP contribution in [0.1, 0.15) is 72.6 Å². The lowest BCUT2D eigenvalue weighted by Gasteiger charge is -2.12. The van der Waals surface area contributed by atoms with E-state index >= 15 is 0 Å². The Labute approximate surface area is 152 Å². The van der Waals surface area contributed by atoms with Gasteiger partial charge in [0, 0.05) is 0 Å². The lowest BCUT2D eigenvalue weighted by atomic mass is 9.98. The smallest absolute Gasteiger partial charge is 0.338 e. The maximum Gasteiger partial charge on any atom is 0.338 e. The molecule has 0 aromatic heterocycles. The van der Waals surface area contributed by atoms with Crippen molar-refractivity contribution >= 4 is 11.9 Å². The molecule has 0 N–H and O–H groups in total. The predicted octanol–water partition coefficient (Wildman–Crippen LogP) is 4.98. The summed E-state index contributed by atoms with van der Waals surface area (Å²) in [5.74, 6) is -0.382. The largest absolute Gasteiger partial charge is 0.462 e. The number of hydrogen-bond acceptors (Lipinski definition) is 4. The van der Waals surface area contributed by atoms with Gasteiger partial charge in [0.2, 0.25) is 0 Å². The third kappa shape index (κ3) is 7.89. The molecule has 0 spiro atoms. The van der Waals surface area contributed by atoms with E-state index in [1.165, 1.54) is 0 Å². The molecule has 1 aliphatic carbocycles. The van der Waals surface area contributed by atoms with Gasteiger partial charge in [-0.15, -0.1) is 0 Å². The highest BCUT2D eigenvalue weighted by Crippen LogP contribution is 2.27. The molecule has 4 nitrogen and oxygen atoms in total. The number of rotatable bonds is 10. The van der Waals surface area contributed by atoms with Crippen molar-refractivity contribution in [3.05, 3.63) is 23.3 Å². The van der Waals surface area contributed by atoms with Gasteiger partial charge in [0.25, 0.3) is 0 Å². The van der Waals surface area contributed by atoms with E-state index in [-0.39, 0.29) is 11.8 Å². The highest BCUT2D eigenvalue weighted by atomic mass is 16.5. The first-order valence-electron chi connectivity index (χ1n) is 9.77. The summed E-state index contributed by atoms with van der Waals surface area (Å²) < 4.78 is 10.8. The molecule has 0 aliphatic heterocycles. The van der Waals surface area contributed by atoms with Crippen LogP contribution in [0.15, 0.2) is 23.3 Å². The first-order chi connectivity index (χ1) is 12.0. The second-order valence-corrected chi connectivity index (χ2v) is 7.04. The molecule has 0 heterocycles. The molecule has 0 radical (unpaired) electrons. The second-order valence-electron chi connectivity index (χ2n) is 7.04. The Kier molecular flexibility index (Phi) is 10.2. The molecule has 0 saturated heterocycles. The fraction of sp³-hybridized carbons (Fsp3) is 0.714. The highest BCUT2D eigenvalue weighted by molar-refractivity contribution is 6.07. The Morgan fingerprint density at radius 1 is 0.840 bits per heavy atom. The summed E-state index contributed by atoms with van der Waals surface area (Å²) in [7, 11) is 0. The van der Waals surface area contributed by atoms with Crippen LogP contribution in [0.4, 0.5) is 0 Å². The van der Waals surface area contributed by atoms with Crippen molar-refractivity contribution in [1.29, 1.82) is 0 Å². The third-order valence-corrected chi connectivity index (χ3v) is 4.34. The Balaban J connectivity index is 2.81. The number of esters is 2. The molecule has 4 heteroatoms. The van der Waals surface area contributed by atoms with Crippen LogP contribution in [-0.4, -0.2) is 25.2 Å². The van der Waals surface area contributed by atoms with Crippen molar-refractivity contribution in [3.63, 3.8) is 0 Å². The molecule has 0 fully saturated rings. The lowest BCUT2D eigenvalue weighted by Crippen LogP contribution is -2.18. The van der Waals surface area contributed by atoms with Crippen molar-refractivity contribution in [3.8, 4) is 0 Å². The van der Waals surface area contributed by atoms with Gasteiger partial charge in [-0.2, -0.15) is 0 Å². The minimum absolute atomic E-state index is 0.217. The molecule has 1 rings (SSSR count). The first-order valence-corrected chi connectivity index (χ1v) is 9.77. The van der Waals surface area contributed by atoms with E-state index in [0.29, 0.717) is 24.4 Å². The number of ether oxygens (including phenoxy) is 2. The summed E-state index contributed by atoms with van der Waals surface area (Å²) in [4.78, 5) is 25.0. The number of allylic oxidation sites excluding steroid dienone is 2. The Morgan fingerprint density at radius 3 is 1.60 bits per heavy atom. The van der Waals surface area contributed by atoms with E-state index in [2.05, 4.69) is 27.7 Å². The van der Waals surface area contributed by atoms with Crippen molar-refractivity contribution < 1.29 is 19.1 Å². The van der Waals surface area contributed by atoms with Crippen molar-refractivity contribution in [1.82, 2.24) is 0 Å². The summed E-state index contributed by atoms with van der Waals surface area (Å²) in [5.41, 5.74) is 0.739. The van der Waals surface area contributed by atoms with Crippen molar-refractivity contribution in [2.75, 3.05) is 13.2 Å². The first kappa shape index (κ1) is 21.5. The number of carbonyl (C=O) groups is 2. The van der Waals surface area contributed by atoms with E-state index in [0.717, 1.165) is 44.9 Å². The van der Waals surface area contributed by atoms with Crippen LogP contribution >= 0.6 is 0 Å². The maximum absolute atomic E-state index is 12.5. The molecule has 0 saturated carbocycles. The third-order valence-electron chi connectivity index (χ3n) is 4.34. The number of hydrogen-bond donors (Lipinski definition) is 0. The highest BCUT2D eigenvalue weighted by Gasteiger charge is 2.27. The minimum atomic E-state index is -0.409. The van der Waals surface area contributed by atoms with Crippen LogP contribution in [0, 0.1) is 11.8 Å². The Morgan fingerprint density at radius 2 is 1.24 bits per heavy atom. The maximum atomic E-state index is 12.5. The fourth-order valence-electron chi connectivity index (χ4n) is 3.02. The summed E-state index contributed by atoms with van der Waals surface area (Å²) in [5, 5.41) is 0. The molecule has 0 bridgehead atoms. The SMILES string of the molecule is CCCCCOC(=O)C1=CC(C)CC(C)C=C1C(=O)OCCCCC. The molecule has 0 aromatic rings. The zero-order valence-corrected chi connectivity index (χ0v) is 16.3. The zero-order valence-electron chi connectivity index (χ0n) is 16.3. The predicted molar refractivity (Wildman–Crippen MR) is 100 cm³/mol. The number of carbonyl (C=O) groups excluding carboxylic acids is 2. The standard InChI is InChI=1S/C21H34O4/c1-5-7-9-11-24-20(22)18-14-16(3)13-17(4)15-19(18)21(23)25-12-10-8-6-2/h14-17H,5-13H2,1-4H3. The van der Waals surface area contributed by atoms with E-state index in [4.69, 9.17) is 9.47 Å². The van der Waals surface area contributed by atoms with Crippen molar-refractivity contribution in [2.24, 2.45) is 11.8 Å². The van der Waals surface area contributed by atoms with Crippen LogP contribution in [0.25, 0.3) is 0 Å². The summed E-state index contributed by atoms with van der Waals surface area (Å²) >= 11 is 0. The van der Waals surface area contributed by atoms with E-state index in [1.807, 2.05) is 12.2 Å². The van der Waals surface area contributed by atoms with E-state index in [1.54, 1.807) is 0 Å². The van der Waals surface area contributed by atoms with Gasteiger partial charge < -0.3 is 9.47 Å². The molecular weight excluding hydrogens is 316 g/mol. The van der Waals surface area contributed by atoms with Crippen LogP contribution in [0.5, 0.6) is 0 Å². The fourth-order valence-corrected chi connectivity index (χ4v) is 3.02. The van der Waals surface area contributed by atoms with Gasteiger partial charge >= 0.3 is 11.9 Å². The molecule has 0 aromatic carbocycles. The normalized spacial score (nSPS) is 20.3. The van der Waals surface area contributed by atoms with Crippen LogP contribution in [-0.2, 0) is 19.1 Å². The van der Waals surface area contributed by atoms with E-state index in [9.17, 15) is 9.59 Å². The van der Waals surface area contributed by atoms with Crippen LogP contribution in [0.2, 0.25) is 0 Å². The van der Waals surface area contributed by atoms with E-state index < -0.39 is 11.9 Å². The zero-order chi connectivity index (χ0) is 18.7. The van der Waals surface area contributed by atoms with Gasteiger partial charge in [-0.05, 0) is 31.1 Å². The van der Waals surface area contributed by atoms with Gasteiger partial charge in [0.15, 0.2) is 0 Å². The Bertz CT molecular complexity index is 446. The topological polar surface area (TPSA) is 52.6 Å². The average Bonchev–Trinajstić information content (AvgIpc) is 2.73. The van der Waals surface area contributed by atoms with Gasteiger partial charge in [0.05, 0.1) is 24.4 Å². The molecule has 2 atom stereocenters. The molecule has 25 heavy (non-hydrogen) atoms. The Hall–Kier alpha value is -1.58. The minimum Gasteiger partial charge on any atom is -0.462 e. The van der Waals surface area contributed by atoms with Gasteiger partial charge in [-0.25, -0.2) is 9.59 Å². The summed E-state index contributed by atoms with van der Waals surface area (Å²) in [6.07, 6.45) is 10.5. The summed E-state index contributed by atoms with van der Waals surface area (Å²) in [6.45, 7) is 9.12. The molecule has 0 amide bonds. The average molecular weight is 350 g/mol. The van der Waals surface area contributed by atoms with Crippen molar-refractivity contribution in [2.45, 2.75) is 72.6 Å². The molecular formula is C21H34O4.